The molecule has 1 saturated heterocycles. The van der Waals surface area contributed by atoms with Gasteiger partial charge in [-0.15, -0.1) is 0 Å². The predicted octanol–water partition coefficient (Wildman–Crippen LogP) is 2.45. The molecule has 4 rings (SSSR count). The van der Waals surface area contributed by atoms with Crippen LogP contribution in [-0.2, 0) is 0 Å². The number of hydrogen-bond donors (Lipinski definition) is 1. The highest BCUT2D eigenvalue weighted by molar-refractivity contribution is 5.94. The maximum absolute atomic E-state index is 12.9. The second-order valence-corrected chi connectivity index (χ2v) is 7.14. The zero-order valence-electron chi connectivity index (χ0n) is 15.5. The molecular weight excluding hydrogens is 338 g/mol. The summed E-state index contributed by atoms with van der Waals surface area (Å²) in [6, 6.07) is 15.7. The van der Waals surface area contributed by atoms with Crippen LogP contribution in [0.2, 0.25) is 0 Å². The van der Waals surface area contributed by atoms with Crippen molar-refractivity contribution < 1.29 is 4.79 Å². The van der Waals surface area contributed by atoms with Gasteiger partial charge in [0.15, 0.2) is 5.82 Å². The monoisotopic (exact) mass is 361 g/mol. The summed E-state index contributed by atoms with van der Waals surface area (Å²) >= 11 is 0. The first-order valence-electron chi connectivity index (χ1n) is 9.12. The van der Waals surface area contributed by atoms with E-state index in [1.807, 2.05) is 55.1 Å². The number of aryl methyl sites for hydroxylation is 2. The van der Waals surface area contributed by atoms with E-state index in [2.05, 4.69) is 22.2 Å². The lowest BCUT2D eigenvalue weighted by Crippen LogP contribution is -2.32. The smallest absolute Gasteiger partial charge is 0.255 e. The van der Waals surface area contributed by atoms with Crippen LogP contribution < -0.4 is 5.73 Å². The van der Waals surface area contributed by atoms with Gasteiger partial charge in [0.2, 0.25) is 0 Å². The van der Waals surface area contributed by atoms with Gasteiger partial charge in [0.05, 0.1) is 11.3 Å². The van der Waals surface area contributed by atoms with Gasteiger partial charge in [-0.3, -0.25) is 4.79 Å². The molecule has 2 atom stereocenters. The summed E-state index contributed by atoms with van der Waals surface area (Å²) in [4.78, 5) is 19.2. The van der Waals surface area contributed by atoms with Crippen molar-refractivity contribution in [3.05, 3.63) is 77.2 Å². The summed E-state index contributed by atoms with van der Waals surface area (Å²) in [6.45, 7) is 5.11. The zero-order chi connectivity index (χ0) is 19.0. The van der Waals surface area contributed by atoms with E-state index in [0.29, 0.717) is 24.5 Å². The van der Waals surface area contributed by atoms with Gasteiger partial charge in [0.1, 0.15) is 0 Å². The standard InChI is InChI=1S/C21H23N5O/c1-14-10-15(2)26(24-14)20-9-8-17(11-23-20)21(27)25-12-18(19(22)13-25)16-6-4-3-5-7-16/h3-11,18-19H,12-13,22H2,1-2H3/t18-,19+/m0/s1. The molecular formula is C21H23N5O. The van der Waals surface area contributed by atoms with E-state index in [1.54, 1.807) is 10.9 Å². The van der Waals surface area contributed by atoms with E-state index in [4.69, 9.17) is 5.73 Å². The van der Waals surface area contributed by atoms with Gasteiger partial charge in [-0.1, -0.05) is 30.3 Å². The Labute approximate surface area is 158 Å². The maximum atomic E-state index is 12.9. The number of benzene rings is 1. The minimum atomic E-state index is -0.0571. The third-order valence-corrected chi connectivity index (χ3v) is 5.10. The lowest BCUT2D eigenvalue weighted by molar-refractivity contribution is 0.0788. The molecule has 3 aromatic rings. The molecule has 1 amide bonds. The molecule has 0 spiro atoms. The fourth-order valence-corrected chi connectivity index (χ4v) is 3.73. The summed E-state index contributed by atoms with van der Waals surface area (Å²) in [6.07, 6.45) is 1.62. The third kappa shape index (κ3) is 3.36. The largest absolute Gasteiger partial charge is 0.336 e. The van der Waals surface area contributed by atoms with Crippen molar-refractivity contribution in [2.75, 3.05) is 13.1 Å². The van der Waals surface area contributed by atoms with Gasteiger partial charge in [0, 0.05) is 36.9 Å². The summed E-state index contributed by atoms with van der Waals surface area (Å²) in [5.41, 5.74) is 10.0. The Morgan fingerprint density at radius 1 is 1.11 bits per heavy atom. The number of likely N-dealkylation sites (tertiary alicyclic amines) is 1. The third-order valence-electron chi connectivity index (χ3n) is 5.10. The van der Waals surface area contributed by atoms with Crippen molar-refractivity contribution in [2.45, 2.75) is 25.8 Å². The number of carbonyl (C=O) groups is 1. The highest BCUT2D eigenvalue weighted by atomic mass is 16.2. The Balaban J connectivity index is 1.51. The van der Waals surface area contributed by atoms with Crippen molar-refractivity contribution in [2.24, 2.45) is 5.73 Å². The molecule has 2 N–H and O–H groups in total. The normalized spacial score (nSPS) is 19.4. The minimum Gasteiger partial charge on any atom is -0.336 e. The Bertz CT molecular complexity index is 948. The number of rotatable bonds is 3. The minimum absolute atomic E-state index is 0.0312. The first-order chi connectivity index (χ1) is 13.0. The molecule has 1 aliphatic rings. The molecule has 138 valence electrons. The molecule has 0 unspecified atom stereocenters. The summed E-state index contributed by atoms with van der Waals surface area (Å²) in [5.74, 6) is 0.839. The Kier molecular flexibility index (Phi) is 4.49. The average molecular weight is 361 g/mol. The van der Waals surface area contributed by atoms with Crippen molar-refractivity contribution >= 4 is 5.91 Å². The van der Waals surface area contributed by atoms with Crippen molar-refractivity contribution in [3.8, 4) is 5.82 Å². The van der Waals surface area contributed by atoms with Gasteiger partial charge in [-0.25, -0.2) is 9.67 Å². The Morgan fingerprint density at radius 3 is 2.52 bits per heavy atom. The number of aromatic nitrogens is 3. The lowest BCUT2D eigenvalue weighted by atomic mass is 9.95. The zero-order valence-corrected chi connectivity index (χ0v) is 15.5. The van der Waals surface area contributed by atoms with Crippen LogP contribution in [0.4, 0.5) is 0 Å². The number of amides is 1. The predicted molar refractivity (Wildman–Crippen MR) is 104 cm³/mol. The molecule has 0 bridgehead atoms. The molecule has 3 heterocycles. The van der Waals surface area contributed by atoms with E-state index in [9.17, 15) is 4.79 Å². The summed E-state index contributed by atoms with van der Waals surface area (Å²) in [7, 11) is 0. The number of carbonyl (C=O) groups excluding carboxylic acids is 1. The van der Waals surface area contributed by atoms with Crippen LogP contribution in [0, 0.1) is 13.8 Å². The molecule has 6 heteroatoms. The van der Waals surface area contributed by atoms with E-state index < -0.39 is 0 Å². The van der Waals surface area contributed by atoms with Crippen LogP contribution in [0.3, 0.4) is 0 Å². The second kappa shape index (κ2) is 6.96. The maximum Gasteiger partial charge on any atom is 0.255 e. The van der Waals surface area contributed by atoms with Gasteiger partial charge in [0.25, 0.3) is 5.91 Å². The fourth-order valence-electron chi connectivity index (χ4n) is 3.73. The molecule has 0 aliphatic carbocycles. The van der Waals surface area contributed by atoms with E-state index in [1.165, 1.54) is 5.56 Å². The van der Waals surface area contributed by atoms with Gasteiger partial charge < -0.3 is 10.6 Å². The van der Waals surface area contributed by atoms with Crippen LogP contribution in [0.15, 0.2) is 54.7 Å². The molecule has 1 aromatic carbocycles. The van der Waals surface area contributed by atoms with E-state index in [-0.39, 0.29) is 17.9 Å². The second-order valence-electron chi connectivity index (χ2n) is 7.14. The van der Waals surface area contributed by atoms with Crippen molar-refractivity contribution in [1.29, 1.82) is 0 Å². The molecule has 1 aliphatic heterocycles. The van der Waals surface area contributed by atoms with Crippen LogP contribution in [0.1, 0.15) is 33.2 Å². The van der Waals surface area contributed by atoms with Gasteiger partial charge in [-0.05, 0) is 37.6 Å². The SMILES string of the molecule is Cc1cc(C)n(-c2ccc(C(=O)N3C[C@@H](N)[C@H](c4ccccc4)C3)cn2)n1. The average Bonchev–Trinajstić information content (AvgIpc) is 3.23. The Hall–Kier alpha value is -2.99. The van der Waals surface area contributed by atoms with Crippen LogP contribution >= 0.6 is 0 Å². The van der Waals surface area contributed by atoms with E-state index in [0.717, 1.165) is 11.4 Å². The topological polar surface area (TPSA) is 77.0 Å². The number of nitrogens with two attached hydrogens (primary N) is 1. The van der Waals surface area contributed by atoms with Gasteiger partial charge >= 0.3 is 0 Å². The number of nitrogens with zero attached hydrogens (tertiary/aromatic N) is 4. The van der Waals surface area contributed by atoms with E-state index >= 15 is 0 Å². The summed E-state index contributed by atoms with van der Waals surface area (Å²) < 4.78 is 1.78. The molecule has 0 radical (unpaired) electrons. The lowest BCUT2D eigenvalue weighted by Gasteiger charge is -2.16. The number of hydrogen-bond acceptors (Lipinski definition) is 4. The molecule has 1 fully saturated rings. The number of pyridine rings is 1. The van der Waals surface area contributed by atoms with Gasteiger partial charge in [-0.2, -0.15) is 5.10 Å². The summed E-state index contributed by atoms with van der Waals surface area (Å²) in [5, 5.41) is 4.43. The highest BCUT2D eigenvalue weighted by Crippen LogP contribution is 2.27. The first kappa shape index (κ1) is 17.4. The van der Waals surface area contributed by atoms with Crippen LogP contribution in [-0.4, -0.2) is 44.7 Å². The molecule has 2 aromatic heterocycles. The van der Waals surface area contributed by atoms with Crippen molar-refractivity contribution in [1.82, 2.24) is 19.7 Å². The molecule has 0 saturated carbocycles. The molecule has 6 nitrogen and oxygen atoms in total. The first-order valence-corrected chi connectivity index (χ1v) is 9.12. The quantitative estimate of drug-likeness (QED) is 0.777. The highest BCUT2D eigenvalue weighted by Gasteiger charge is 2.34. The van der Waals surface area contributed by atoms with Crippen molar-refractivity contribution in [3.63, 3.8) is 0 Å². The van der Waals surface area contributed by atoms with Crippen LogP contribution in [0.5, 0.6) is 0 Å². The molecule has 27 heavy (non-hydrogen) atoms. The fraction of sp³-hybridized carbons (Fsp3) is 0.286. The Morgan fingerprint density at radius 2 is 1.89 bits per heavy atom. The van der Waals surface area contributed by atoms with Crippen LogP contribution in [0.25, 0.3) is 5.82 Å².